The largest absolute Gasteiger partial charge is 0.393 e. The van der Waals surface area contributed by atoms with Crippen molar-refractivity contribution in [2.24, 2.45) is 35.0 Å². The molecular weight excluding hydrogens is 368 g/mol. The van der Waals surface area contributed by atoms with Crippen molar-refractivity contribution in [1.82, 2.24) is 0 Å². The zero-order chi connectivity index (χ0) is 22.1. The van der Waals surface area contributed by atoms with E-state index in [2.05, 4.69) is 65.5 Å². The van der Waals surface area contributed by atoms with Crippen molar-refractivity contribution in [2.45, 2.75) is 91.8 Å². The lowest BCUT2D eigenvalue weighted by molar-refractivity contribution is 0.0862. The highest BCUT2D eigenvalue weighted by Crippen LogP contribution is 2.58. The Kier molecular flexibility index (Phi) is 7.51. The van der Waals surface area contributed by atoms with E-state index in [1.54, 1.807) is 0 Å². The van der Waals surface area contributed by atoms with Gasteiger partial charge in [0, 0.05) is 6.42 Å². The minimum Gasteiger partial charge on any atom is -0.393 e. The molecule has 0 aromatic rings. The Bertz CT molecular complexity index is 712. The quantitative estimate of drug-likeness (QED) is 0.499. The maximum Gasteiger partial charge on any atom is 0.0811 e. The predicted molar refractivity (Wildman–Crippen MR) is 127 cm³/mol. The van der Waals surface area contributed by atoms with Crippen molar-refractivity contribution in [3.8, 4) is 0 Å². The highest BCUT2D eigenvalue weighted by Gasteiger charge is 2.49. The molecule has 2 N–H and O–H groups in total. The first-order valence-electron chi connectivity index (χ1n) is 12.2. The van der Waals surface area contributed by atoms with Crippen LogP contribution in [0.15, 0.2) is 47.6 Å². The van der Waals surface area contributed by atoms with Gasteiger partial charge in [0.15, 0.2) is 0 Å². The summed E-state index contributed by atoms with van der Waals surface area (Å²) in [5.41, 5.74) is 3.79. The predicted octanol–water partition coefficient (Wildman–Crippen LogP) is 6.61. The van der Waals surface area contributed by atoms with E-state index < -0.39 is 12.2 Å². The number of fused-ring (bicyclic) bond motifs is 1. The summed E-state index contributed by atoms with van der Waals surface area (Å²) in [7, 11) is 0. The summed E-state index contributed by atoms with van der Waals surface area (Å²) < 4.78 is 0. The molecule has 3 aliphatic carbocycles. The van der Waals surface area contributed by atoms with Crippen LogP contribution in [-0.2, 0) is 0 Å². The summed E-state index contributed by atoms with van der Waals surface area (Å²) in [4.78, 5) is 0. The van der Waals surface area contributed by atoms with Gasteiger partial charge in [-0.25, -0.2) is 0 Å². The molecule has 168 valence electrons. The smallest absolute Gasteiger partial charge is 0.0811 e. The average Bonchev–Trinajstić information content (AvgIpc) is 3.03. The van der Waals surface area contributed by atoms with Crippen LogP contribution in [0.5, 0.6) is 0 Å². The number of hydrogen-bond donors (Lipinski definition) is 2. The summed E-state index contributed by atoms with van der Waals surface area (Å²) in [6.45, 7) is 16.0. The maximum atomic E-state index is 10.1. The van der Waals surface area contributed by atoms with Gasteiger partial charge >= 0.3 is 0 Å². The molecule has 4 unspecified atom stereocenters. The van der Waals surface area contributed by atoms with Crippen LogP contribution < -0.4 is 0 Å². The maximum absolute atomic E-state index is 10.1. The Morgan fingerprint density at radius 3 is 2.47 bits per heavy atom. The summed E-state index contributed by atoms with van der Waals surface area (Å²) >= 11 is 0. The highest BCUT2D eigenvalue weighted by atomic mass is 16.3. The SMILES string of the molecule is C=C1/C(=C\C=C2/CCC3(C)C(CCC3[C@H](C)/C=C/[C@H](C)C(C)C)C2)C[C@@H](O)CC1O. The van der Waals surface area contributed by atoms with E-state index in [1.807, 2.05) is 0 Å². The second kappa shape index (κ2) is 9.57. The van der Waals surface area contributed by atoms with E-state index >= 15 is 0 Å². The summed E-state index contributed by atoms with van der Waals surface area (Å²) in [6, 6.07) is 0. The third-order valence-electron chi connectivity index (χ3n) is 8.79. The van der Waals surface area contributed by atoms with Crippen LogP contribution in [0.2, 0.25) is 0 Å². The molecule has 0 spiro atoms. The third-order valence-corrected chi connectivity index (χ3v) is 8.79. The number of aliphatic hydroxyl groups is 2. The van der Waals surface area contributed by atoms with E-state index in [9.17, 15) is 10.2 Å². The fourth-order valence-electron chi connectivity index (χ4n) is 6.11. The molecule has 0 amide bonds. The first kappa shape index (κ1) is 23.5. The summed E-state index contributed by atoms with van der Waals surface area (Å²) in [5.74, 6) is 3.59. The van der Waals surface area contributed by atoms with Gasteiger partial charge in [-0.3, -0.25) is 0 Å². The fourth-order valence-corrected chi connectivity index (χ4v) is 6.11. The Balaban J connectivity index is 1.66. The van der Waals surface area contributed by atoms with Crippen LogP contribution in [0.3, 0.4) is 0 Å². The van der Waals surface area contributed by atoms with Crippen molar-refractivity contribution < 1.29 is 10.2 Å². The first-order valence-corrected chi connectivity index (χ1v) is 12.2. The van der Waals surface area contributed by atoms with Crippen LogP contribution in [0, 0.1) is 35.0 Å². The van der Waals surface area contributed by atoms with Gasteiger partial charge in [0.1, 0.15) is 0 Å². The molecule has 7 atom stereocenters. The number of hydrogen-bond acceptors (Lipinski definition) is 2. The monoisotopic (exact) mass is 412 g/mol. The standard InChI is InChI=1S/C28H44O2/c1-18(2)19(3)7-8-20(4)26-12-11-24-15-22(13-14-28(24,26)6)9-10-23-16-25(29)17-27(30)21(23)5/h7-10,18-20,24-27,29-30H,5,11-17H2,1-4,6H3/b8-7+,22-9+,23-10-/t19-,20+,24?,25+,26?,27?,28?/m0/s1. The molecule has 3 rings (SSSR count). The Hall–Kier alpha value is -1.12. The van der Waals surface area contributed by atoms with Crippen LogP contribution >= 0.6 is 0 Å². The van der Waals surface area contributed by atoms with Gasteiger partial charge in [-0.1, -0.05) is 71.1 Å². The van der Waals surface area contributed by atoms with Crippen molar-refractivity contribution in [3.63, 3.8) is 0 Å². The lowest BCUT2D eigenvalue weighted by atomic mass is 9.61. The third kappa shape index (κ3) is 5.02. The van der Waals surface area contributed by atoms with Crippen LogP contribution in [0.4, 0.5) is 0 Å². The number of allylic oxidation sites excluding steroid dienone is 5. The Labute approximate surface area is 184 Å². The molecule has 3 aliphatic rings. The highest BCUT2D eigenvalue weighted by molar-refractivity contribution is 5.38. The molecule has 0 aliphatic heterocycles. The second-order valence-electron chi connectivity index (χ2n) is 11.1. The molecule has 0 radical (unpaired) electrons. The zero-order valence-corrected chi connectivity index (χ0v) is 19.9. The van der Waals surface area contributed by atoms with Crippen molar-refractivity contribution in [3.05, 3.63) is 47.6 Å². The van der Waals surface area contributed by atoms with Gasteiger partial charge < -0.3 is 10.2 Å². The molecule has 0 aromatic heterocycles. The van der Waals surface area contributed by atoms with Gasteiger partial charge in [-0.2, -0.15) is 0 Å². The zero-order valence-electron chi connectivity index (χ0n) is 19.9. The molecular formula is C28H44O2. The van der Waals surface area contributed by atoms with Gasteiger partial charge in [0.05, 0.1) is 12.2 Å². The molecule has 3 saturated carbocycles. The summed E-state index contributed by atoms with van der Waals surface area (Å²) in [6.07, 6.45) is 15.7. The molecule has 30 heavy (non-hydrogen) atoms. The first-order chi connectivity index (χ1) is 14.1. The molecule has 3 fully saturated rings. The Morgan fingerprint density at radius 1 is 1.03 bits per heavy atom. The normalized spacial score (nSPS) is 39.8. The van der Waals surface area contributed by atoms with Crippen LogP contribution in [0.1, 0.15) is 79.6 Å². The second-order valence-corrected chi connectivity index (χ2v) is 11.1. The van der Waals surface area contributed by atoms with E-state index in [0.29, 0.717) is 36.0 Å². The molecule has 0 aromatic carbocycles. The van der Waals surface area contributed by atoms with Crippen LogP contribution in [-0.4, -0.2) is 22.4 Å². The van der Waals surface area contributed by atoms with Gasteiger partial charge in [-0.15, -0.1) is 0 Å². The molecule has 2 nitrogen and oxygen atoms in total. The fraction of sp³-hybridized carbons (Fsp3) is 0.714. The lowest BCUT2D eigenvalue weighted by Gasteiger charge is -2.43. The minimum absolute atomic E-state index is 0.414. The van der Waals surface area contributed by atoms with Crippen molar-refractivity contribution in [2.75, 3.05) is 0 Å². The Morgan fingerprint density at radius 2 is 1.77 bits per heavy atom. The molecule has 0 saturated heterocycles. The van der Waals surface area contributed by atoms with Crippen LogP contribution in [0.25, 0.3) is 0 Å². The van der Waals surface area contributed by atoms with E-state index in [-0.39, 0.29) is 0 Å². The van der Waals surface area contributed by atoms with Gasteiger partial charge in [0.25, 0.3) is 0 Å². The summed E-state index contributed by atoms with van der Waals surface area (Å²) in [5, 5.41) is 20.1. The van der Waals surface area contributed by atoms with Crippen molar-refractivity contribution in [1.29, 1.82) is 0 Å². The number of aliphatic hydroxyl groups excluding tert-OH is 2. The van der Waals surface area contributed by atoms with E-state index in [1.165, 1.54) is 37.7 Å². The topological polar surface area (TPSA) is 40.5 Å². The van der Waals surface area contributed by atoms with E-state index in [4.69, 9.17) is 0 Å². The van der Waals surface area contributed by atoms with E-state index in [0.717, 1.165) is 23.0 Å². The van der Waals surface area contributed by atoms with Crippen molar-refractivity contribution >= 4 is 0 Å². The molecule has 2 heteroatoms. The average molecular weight is 413 g/mol. The van der Waals surface area contributed by atoms with Gasteiger partial charge in [0.2, 0.25) is 0 Å². The minimum atomic E-state index is -0.600. The molecule has 0 heterocycles. The lowest BCUT2D eigenvalue weighted by Crippen LogP contribution is -2.35. The van der Waals surface area contributed by atoms with Gasteiger partial charge in [-0.05, 0) is 84.7 Å². The number of rotatable bonds is 5. The molecule has 0 bridgehead atoms.